The summed E-state index contributed by atoms with van der Waals surface area (Å²) in [6.07, 6.45) is 4.10. The topological polar surface area (TPSA) is 29.5 Å². The maximum absolute atomic E-state index is 13.7. The fraction of sp³-hybridized carbons (Fsp3) is 0.533. The summed E-state index contributed by atoms with van der Waals surface area (Å²) >= 11 is 0. The van der Waals surface area contributed by atoms with Gasteiger partial charge in [0.2, 0.25) is 0 Å². The highest BCUT2D eigenvalue weighted by Gasteiger charge is 2.34. The van der Waals surface area contributed by atoms with E-state index in [0.717, 1.165) is 49.1 Å². The molecule has 0 radical (unpaired) electrons. The van der Waals surface area contributed by atoms with Gasteiger partial charge in [0.05, 0.1) is 6.54 Å². The van der Waals surface area contributed by atoms with Gasteiger partial charge in [-0.3, -0.25) is 4.90 Å². The van der Waals surface area contributed by atoms with Crippen molar-refractivity contribution in [3.63, 3.8) is 0 Å². The van der Waals surface area contributed by atoms with E-state index in [2.05, 4.69) is 6.92 Å². The van der Waals surface area contributed by atoms with Gasteiger partial charge in [-0.25, -0.2) is 13.6 Å². The monoisotopic (exact) mass is 283 g/mol. The molecule has 0 bridgehead atoms. The van der Waals surface area contributed by atoms with Gasteiger partial charge < -0.3 is 4.74 Å². The number of carbonyl (C=O) groups excluding carboxylic acids is 1. The molecular weight excluding hydrogens is 264 g/mol. The van der Waals surface area contributed by atoms with Crippen LogP contribution in [0.3, 0.4) is 0 Å². The van der Waals surface area contributed by atoms with Crippen molar-refractivity contribution >= 4 is 11.8 Å². The van der Waals surface area contributed by atoms with Crippen molar-refractivity contribution in [3.05, 3.63) is 29.8 Å². The third-order valence-electron chi connectivity index (χ3n) is 3.46. The number of amides is 1. The van der Waals surface area contributed by atoms with Crippen molar-refractivity contribution < 1.29 is 18.3 Å². The molecule has 1 aromatic carbocycles. The molecule has 1 atom stereocenters. The number of unbranched alkanes of at least 4 members (excludes halogenated alkanes) is 3. The average Bonchev–Trinajstić information content (AvgIpc) is 2.76. The van der Waals surface area contributed by atoms with E-state index in [-0.39, 0.29) is 18.3 Å². The number of carbonyl (C=O) groups is 1. The first-order chi connectivity index (χ1) is 9.63. The van der Waals surface area contributed by atoms with Crippen LogP contribution in [-0.4, -0.2) is 18.7 Å². The van der Waals surface area contributed by atoms with Gasteiger partial charge in [-0.2, -0.15) is 0 Å². The molecule has 1 saturated heterocycles. The molecule has 1 aliphatic heterocycles. The van der Waals surface area contributed by atoms with Crippen molar-refractivity contribution in [1.82, 2.24) is 0 Å². The van der Waals surface area contributed by atoms with Gasteiger partial charge in [0.1, 0.15) is 23.4 Å². The highest BCUT2D eigenvalue weighted by atomic mass is 19.1. The van der Waals surface area contributed by atoms with Crippen LogP contribution >= 0.6 is 0 Å². The molecule has 110 valence electrons. The number of hydrogen-bond donors (Lipinski definition) is 0. The van der Waals surface area contributed by atoms with Crippen molar-refractivity contribution in [2.45, 2.75) is 45.1 Å². The first-order valence-corrected chi connectivity index (χ1v) is 7.05. The summed E-state index contributed by atoms with van der Waals surface area (Å²) in [5, 5.41) is 0. The Morgan fingerprint density at radius 2 is 1.95 bits per heavy atom. The van der Waals surface area contributed by atoms with E-state index in [9.17, 15) is 13.6 Å². The highest BCUT2D eigenvalue weighted by molar-refractivity contribution is 5.90. The molecule has 0 N–H and O–H groups in total. The maximum atomic E-state index is 13.7. The van der Waals surface area contributed by atoms with Crippen LogP contribution in [0.25, 0.3) is 0 Å². The zero-order valence-electron chi connectivity index (χ0n) is 11.6. The molecule has 1 heterocycles. The summed E-state index contributed by atoms with van der Waals surface area (Å²) in [6, 6.07) is 3.55. The Labute approximate surface area is 117 Å². The van der Waals surface area contributed by atoms with Gasteiger partial charge >= 0.3 is 6.09 Å². The van der Waals surface area contributed by atoms with E-state index < -0.39 is 17.7 Å². The Morgan fingerprint density at radius 1 is 1.25 bits per heavy atom. The second-order valence-corrected chi connectivity index (χ2v) is 5.04. The molecule has 0 aliphatic carbocycles. The molecule has 2 rings (SSSR count). The van der Waals surface area contributed by atoms with Crippen LogP contribution in [-0.2, 0) is 4.74 Å². The van der Waals surface area contributed by atoms with Crippen LogP contribution in [0.5, 0.6) is 0 Å². The molecule has 20 heavy (non-hydrogen) atoms. The van der Waals surface area contributed by atoms with E-state index in [1.54, 1.807) is 0 Å². The number of benzene rings is 1. The molecule has 1 aliphatic rings. The number of ether oxygens (including phenoxy) is 1. The summed E-state index contributed by atoms with van der Waals surface area (Å²) in [7, 11) is 0. The van der Waals surface area contributed by atoms with Crippen LogP contribution in [0.15, 0.2) is 18.2 Å². The smallest absolute Gasteiger partial charge is 0.414 e. The van der Waals surface area contributed by atoms with Gasteiger partial charge in [0, 0.05) is 0 Å². The number of halogens is 2. The molecule has 0 saturated carbocycles. The van der Waals surface area contributed by atoms with Gasteiger partial charge in [-0.05, 0) is 25.0 Å². The van der Waals surface area contributed by atoms with Crippen LogP contribution in [0.4, 0.5) is 19.3 Å². The molecule has 0 spiro atoms. The summed E-state index contributed by atoms with van der Waals surface area (Å²) in [5.74, 6) is -1.48. The van der Waals surface area contributed by atoms with Crippen molar-refractivity contribution in [2.75, 3.05) is 11.4 Å². The molecule has 0 aromatic heterocycles. The summed E-state index contributed by atoms with van der Waals surface area (Å²) in [6.45, 7) is 2.33. The van der Waals surface area contributed by atoms with E-state index in [1.807, 2.05) is 0 Å². The minimum atomic E-state index is -0.742. The summed E-state index contributed by atoms with van der Waals surface area (Å²) in [5.41, 5.74) is -0.312. The number of nitrogens with zero attached hydrogens (tertiary/aromatic N) is 1. The predicted molar refractivity (Wildman–Crippen MR) is 72.7 cm³/mol. The molecule has 1 aromatic rings. The van der Waals surface area contributed by atoms with Crippen LogP contribution < -0.4 is 4.90 Å². The third kappa shape index (κ3) is 3.26. The first kappa shape index (κ1) is 14.8. The lowest BCUT2D eigenvalue weighted by molar-refractivity contribution is 0.135. The lowest BCUT2D eigenvalue weighted by atomic mass is 10.1. The van der Waals surface area contributed by atoms with Gasteiger partial charge in [-0.15, -0.1) is 0 Å². The quantitative estimate of drug-likeness (QED) is 0.730. The molecule has 1 fully saturated rings. The first-order valence-electron chi connectivity index (χ1n) is 7.05. The zero-order valence-corrected chi connectivity index (χ0v) is 11.6. The van der Waals surface area contributed by atoms with Gasteiger partial charge in [0.25, 0.3) is 0 Å². The Morgan fingerprint density at radius 3 is 2.60 bits per heavy atom. The second kappa shape index (κ2) is 6.68. The average molecular weight is 283 g/mol. The van der Waals surface area contributed by atoms with Crippen LogP contribution in [0.1, 0.15) is 39.0 Å². The Hall–Kier alpha value is -1.65. The van der Waals surface area contributed by atoms with E-state index in [0.29, 0.717) is 0 Å². The van der Waals surface area contributed by atoms with Crippen molar-refractivity contribution in [3.8, 4) is 0 Å². The number of hydrogen-bond acceptors (Lipinski definition) is 2. The molecule has 1 amide bonds. The Balaban J connectivity index is 1.99. The largest absolute Gasteiger partial charge is 0.444 e. The van der Waals surface area contributed by atoms with E-state index in [1.165, 1.54) is 6.07 Å². The van der Waals surface area contributed by atoms with Crippen LogP contribution in [0, 0.1) is 11.6 Å². The fourth-order valence-electron chi connectivity index (χ4n) is 2.40. The van der Waals surface area contributed by atoms with Gasteiger partial charge in [-0.1, -0.05) is 32.3 Å². The molecule has 5 heteroatoms. The fourth-order valence-corrected chi connectivity index (χ4v) is 2.40. The standard InChI is InChI=1S/C15H19F2NO2/c1-2-3-4-5-7-11-10-18(15(19)20-11)14-12(16)8-6-9-13(14)17/h6,8-9,11H,2-5,7,10H2,1H3. The number of anilines is 1. The lowest BCUT2D eigenvalue weighted by Gasteiger charge is -2.14. The number of para-hydroxylation sites is 1. The third-order valence-corrected chi connectivity index (χ3v) is 3.46. The van der Waals surface area contributed by atoms with Crippen LogP contribution in [0.2, 0.25) is 0 Å². The second-order valence-electron chi connectivity index (χ2n) is 5.04. The number of rotatable bonds is 6. The SMILES string of the molecule is CCCCCCC1CN(c2c(F)cccc2F)C(=O)O1. The highest BCUT2D eigenvalue weighted by Crippen LogP contribution is 2.28. The zero-order chi connectivity index (χ0) is 14.5. The maximum Gasteiger partial charge on any atom is 0.414 e. The summed E-state index contributed by atoms with van der Waals surface area (Å²) in [4.78, 5) is 12.8. The molecule has 3 nitrogen and oxygen atoms in total. The number of cyclic esters (lactones) is 1. The normalized spacial score (nSPS) is 18.4. The molecular formula is C15H19F2NO2. The Kier molecular flexibility index (Phi) is 4.93. The minimum Gasteiger partial charge on any atom is -0.444 e. The van der Waals surface area contributed by atoms with E-state index in [4.69, 9.17) is 4.74 Å². The van der Waals surface area contributed by atoms with E-state index >= 15 is 0 Å². The lowest BCUT2D eigenvalue weighted by Crippen LogP contribution is -2.26. The minimum absolute atomic E-state index is 0.211. The Bertz CT molecular complexity index is 459. The predicted octanol–water partition coefficient (Wildman–Crippen LogP) is 4.26. The van der Waals surface area contributed by atoms with Crippen molar-refractivity contribution in [1.29, 1.82) is 0 Å². The van der Waals surface area contributed by atoms with Gasteiger partial charge in [0.15, 0.2) is 0 Å². The molecule has 1 unspecified atom stereocenters. The summed E-state index contributed by atoms with van der Waals surface area (Å²) < 4.78 is 32.5. The van der Waals surface area contributed by atoms with Crippen molar-refractivity contribution in [2.24, 2.45) is 0 Å².